The summed E-state index contributed by atoms with van der Waals surface area (Å²) in [6.45, 7) is 11.1. The lowest BCUT2D eigenvalue weighted by Crippen LogP contribution is -2.20. The molecular formula is C23H21NO. The van der Waals surface area contributed by atoms with E-state index < -0.39 is 0 Å². The largest absolute Gasteiger partial charge is 0.456 e. The standard InChI is InChI=1S/C23H21NO/c1-14-17-13-22-19(16-7-5-6-8-21(16)25-22)12-18(17)20-11-15(23(2,3)4)9-10-24(14)20/h5-13,20H,1H2,2-4H3. The van der Waals surface area contributed by atoms with E-state index in [2.05, 4.69) is 74.9 Å². The first-order valence-electron chi connectivity index (χ1n) is 8.77. The molecule has 2 heteroatoms. The highest BCUT2D eigenvalue weighted by molar-refractivity contribution is 6.06. The fourth-order valence-corrected chi connectivity index (χ4v) is 3.98. The third-order valence-electron chi connectivity index (χ3n) is 5.41. The Bertz CT molecular complexity index is 1100. The second-order valence-corrected chi connectivity index (χ2v) is 8.02. The smallest absolute Gasteiger partial charge is 0.136 e. The van der Waals surface area contributed by atoms with E-state index >= 15 is 0 Å². The molecular weight excluding hydrogens is 306 g/mol. The van der Waals surface area contributed by atoms with Crippen LogP contribution in [0, 0.1) is 5.41 Å². The van der Waals surface area contributed by atoms with E-state index in [1.54, 1.807) is 0 Å². The Morgan fingerprint density at radius 1 is 1.04 bits per heavy atom. The van der Waals surface area contributed by atoms with Crippen molar-refractivity contribution < 1.29 is 4.42 Å². The molecule has 0 N–H and O–H groups in total. The van der Waals surface area contributed by atoms with E-state index in [1.165, 1.54) is 27.5 Å². The monoisotopic (exact) mass is 327 g/mol. The van der Waals surface area contributed by atoms with Gasteiger partial charge in [-0.15, -0.1) is 0 Å². The molecule has 2 aromatic carbocycles. The third kappa shape index (κ3) is 1.97. The van der Waals surface area contributed by atoms with E-state index in [-0.39, 0.29) is 11.5 Å². The quantitative estimate of drug-likeness (QED) is 0.474. The number of para-hydroxylation sites is 1. The lowest BCUT2D eigenvalue weighted by Gasteiger charge is -2.30. The maximum absolute atomic E-state index is 6.06. The summed E-state index contributed by atoms with van der Waals surface area (Å²) in [7, 11) is 0. The van der Waals surface area contributed by atoms with Crippen molar-refractivity contribution >= 4 is 27.6 Å². The van der Waals surface area contributed by atoms with E-state index in [0.29, 0.717) is 0 Å². The van der Waals surface area contributed by atoms with Crippen molar-refractivity contribution in [2.75, 3.05) is 0 Å². The zero-order valence-electron chi connectivity index (χ0n) is 14.8. The molecule has 25 heavy (non-hydrogen) atoms. The van der Waals surface area contributed by atoms with E-state index in [0.717, 1.165) is 16.9 Å². The second kappa shape index (κ2) is 4.66. The average Bonchev–Trinajstić information content (AvgIpc) is 3.08. The summed E-state index contributed by atoms with van der Waals surface area (Å²) in [5.74, 6) is 0. The highest BCUT2D eigenvalue weighted by Gasteiger charge is 2.34. The van der Waals surface area contributed by atoms with E-state index in [4.69, 9.17) is 4.42 Å². The minimum absolute atomic E-state index is 0.138. The van der Waals surface area contributed by atoms with Gasteiger partial charge in [0.25, 0.3) is 0 Å². The van der Waals surface area contributed by atoms with Crippen molar-refractivity contribution in [1.82, 2.24) is 4.90 Å². The van der Waals surface area contributed by atoms with Crippen LogP contribution in [0.15, 0.2) is 71.3 Å². The van der Waals surface area contributed by atoms with Gasteiger partial charge in [-0.1, -0.05) is 51.6 Å². The average molecular weight is 327 g/mol. The molecule has 0 spiro atoms. The summed E-state index contributed by atoms with van der Waals surface area (Å²) in [5, 5.41) is 2.36. The van der Waals surface area contributed by atoms with Crippen molar-refractivity contribution in [3.8, 4) is 0 Å². The van der Waals surface area contributed by atoms with Gasteiger partial charge in [0.05, 0.1) is 6.04 Å². The van der Waals surface area contributed by atoms with Crippen molar-refractivity contribution in [3.05, 3.63) is 78.0 Å². The Balaban J connectivity index is 1.76. The fraction of sp³-hybridized carbons (Fsp3) is 0.217. The Morgan fingerprint density at radius 3 is 2.64 bits per heavy atom. The van der Waals surface area contributed by atoms with Crippen molar-refractivity contribution in [1.29, 1.82) is 0 Å². The van der Waals surface area contributed by atoms with Gasteiger partial charge in [0.1, 0.15) is 11.2 Å². The second-order valence-electron chi connectivity index (χ2n) is 8.02. The van der Waals surface area contributed by atoms with Crippen LogP contribution < -0.4 is 0 Å². The molecule has 3 heterocycles. The molecule has 0 saturated carbocycles. The molecule has 1 unspecified atom stereocenters. The number of furan rings is 1. The van der Waals surface area contributed by atoms with Crippen LogP contribution in [0.3, 0.4) is 0 Å². The number of allylic oxidation sites excluding steroid dienone is 2. The lowest BCUT2D eigenvalue weighted by atomic mass is 9.83. The molecule has 1 aromatic heterocycles. The van der Waals surface area contributed by atoms with E-state index in [9.17, 15) is 0 Å². The molecule has 0 aliphatic carbocycles. The molecule has 0 radical (unpaired) electrons. The van der Waals surface area contributed by atoms with Gasteiger partial charge in [-0.25, -0.2) is 0 Å². The van der Waals surface area contributed by atoms with Gasteiger partial charge >= 0.3 is 0 Å². The van der Waals surface area contributed by atoms with Crippen LogP contribution >= 0.6 is 0 Å². The summed E-state index contributed by atoms with van der Waals surface area (Å²) in [6, 6.07) is 12.9. The van der Waals surface area contributed by atoms with Crippen LogP contribution in [0.4, 0.5) is 0 Å². The van der Waals surface area contributed by atoms with Crippen LogP contribution in [0.25, 0.3) is 27.6 Å². The Labute approximate surface area is 147 Å². The van der Waals surface area contributed by atoms with Crippen LogP contribution in [-0.2, 0) is 0 Å². The molecule has 0 bridgehead atoms. The number of benzene rings is 2. The molecule has 2 aliphatic heterocycles. The maximum Gasteiger partial charge on any atom is 0.136 e. The van der Waals surface area contributed by atoms with Crippen molar-refractivity contribution in [2.45, 2.75) is 26.8 Å². The maximum atomic E-state index is 6.06. The van der Waals surface area contributed by atoms with Crippen LogP contribution in [0.5, 0.6) is 0 Å². The van der Waals surface area contributed by atoms with Gasteiger partial charge in [-0.2, -0.15) is 0 Å². The van der Waals surface area contributed by atoms with Crippen LogP contribution in [0.2, 0.25) is 0 Å². The highest BCUT2D eigenvalue weighted by atomic mass is 16.3. The predicted octanol–water partition coefficient (Wildman–Crippen LogP) is 6.41. The van der Waals surface area contributed by atoms with Gasteiger partial charge in [0, 0.05) is 28.2 Å². The number of nitrogens with zero attached hydrogens (tertiary/aromatic N) is 1. The summed E-state index contributed by atoms with van der Waals surface area (Å²) < 4.78 is 6.06. The Hall–Kier alpha value is -2.74. The number of hydrogen-bond acceptors (Lipinski definition) is 2. The molecule has 0 amide bonds. The number of fused-ring (bicyclic) bond motifs is 6. The summed E-state index contributed by atoms with van der Waals surface area (Å²) in [6.07, 6.45) is 6.77. The third-order valence-corrected chi connectivity index (χ3v) is 5.41. The Morgan fingerprint density at radius 2 is 1.84 bits per heavy atom. The summed E-state index contributed by atoms with van der Waals surface area (Å²) in [4.78, 5) is 2.26. The first kappa shape index (κ1) is 14.6. The summed E-state index contributed by atoms with van der Waals surface area (Å²) >= 11 is 0. The molecule has 2 nitrogen and oxygen atoms in total. The minimum Gasteiger partial charge on any atom is -0.456 e. The minimum atomic E-state index is 0.138. The molecule has 3 aromatic rings. The topological polar surface area (TPSA) is 16.4 Å². The normalized spacial score (nSPS) is 19.5. The highest BCUT2D eigenvalue weighted by Crippen LogP contribution is 2.48. The van der Waals surface area contributed by atoms with Gasteiger partial charge < -0.3 is 9.32 Å². The molecule has 1 atom stereocenters. The molecule has 2 aliphatic rings. The van der Waals surface area contributed by atoms with Gasteiger partial charge in [-0.05, 0) is 40.8 Å². The molecule has 0 saturated heterocycles. The van der Waals surface area contributed by atoms with Crippen LogP contribution in [0.1, 0.15) is 37.9 Å². The SMILES string of the molecule is C=C1c2cc3oc4ccccc4c3cc2C2C=C(C(C)(C)C)C=CN12. The van der Waals surface area contributed by atoms with E-state index in [1.807, 2.05) is 12.1 Å². The zero-order chi connectivity index (χ0) is 17.3. The zero-order valence-corrected chi connectivity index (χ0v) is 14.8. The number of rotatable bonds is 0. The Kier molecular flexibility index (Phi) is 2.72. The molecule has 0 fully saturated rings. The van der Waals surface area contributed by atoms with Gasteiger partial charge in [0.2, 0.25) is 0 Å². The van der Waals surface area contributed by atoms with Crippen molar-refractivity contribution in [3.63, 3.8) is 0 Å². The number of hydrogen-bond donors (Lipinski definition) is 0. The van der Waals surface area contributed by atoms with Gasteiger partial charge in [-0.3, -0.25) is 0 Å². The van der Waals surface area contributed by atoms with Gasteiger partial charge in [0.15, 0.2) is 0 Å². The van der Waals surface area contributed by atoms with Crippen molar-refractivity contribution in [2.24, 2.45) is 5.41 Å². The van der Waals surface area contributed by atoms with Crippen LogP contribution in [-0.4, -0.2) is 4.90 Å². The summed E-state index contributed by atoms with van der Waals surface area (Å²) in [5.41, 5.74) is 6.93. The lowest BCUT2D eigenvalue weighted by molar-refractivity contribution is 0.447. The first-order chi connectivity index (χ1) is 11.9. The first-order valence-corrected chi connectivity index (χ1v) is 8.77. The predicted molar refractivity (Wildman–Crippen MR) is 104 cm³/mol. The fourth-order valence-electron chi connectivity index (χ4n) is 3.98. The molecule has 5 rings (SSSR count). The molecule has 124 valence electrons.